The molecule has 116 valence electrons. The number of methoxy groups -OCH3 is 2. The number of benzene rings is 1. The molecule has 3 rings (SSSR count). The van der Waals surface area contributed by atoms with E-state index in [1.165, 1.54) is 0 Å². The molecule has 1 spiro atoms. The lowest BCUT2D eigenvalue weighted by Gasteiger charge is -2.40. The third kappa shape index (κ3) is 2.61. The molecule has 2 aliphatic heterocycles. The van der Waals surface area contributed by atoms with Crippen molar-refractivity contribution in [3.63, 3.8) is 0 Å². The van der Waals surface area contributed by atoms with Gasteiger partial charge >= 0.3 is 0 Å². The Morgan fingerprint density at radius 3 is 2.48 bits per heavy atom. The minimum Gasteiger partial charge on any atom is -0.493 e. The Labute approximate surface area is 124 Å². The molecule has 0 aliphatic carbocycles. The van der Waals surface area contributed by atoms with Crippen LogP contribution in [0.5, 0.6) is 11.5 Å². The van der Waals surface area contributed by atoms with Crippen LogP contribution in [0.2, 0.25) is 0 Å². The highest BCUT2D eigenvalue weighted by molar-refractivity contribution is 5.73. The summed E-state index contributed by atoms with van der Waals surface area (Å²) in [6.07, 6.45) is 1.93. The molecule has 21 heavy (non-hydrogen) atoms. The number of hydrogen-bond donors (Lipinski definition) is 1. The van der Waals surface area contributed by atoms with E-state index in [1.807, 2.05) is 6.07 Å². The molecule has 2 heterocycles. The normalized spacial score (nSPS) is 20.8. The fourth-order valence-electron chi connectivity index (χ4n) is 3.08. The molecule has 0 unspecified atom stereocenters. The van der Waals surface area contributed by atoms with Gasteiger partial charge in [0.2, 0.25) is 0 Å². The van der Waals surface area contributed by atoms with Crippen LogP contribution in [0, 0.1) is 0 Å². The summed E-state index contributed by atoms with van der Waals surface area (Å²) >= 11 is 0. The van der Waals surface area contributed by atoms with Crippen LogP contribution in [-0.4, -0.2) is 46.3 Å². The first kappa shape index (κ1) is 14.3. The zero-order valence-electron chi connectivity index (χ0n) is 12.6. The number of nitrogens with zero attached hydrogens (tertiary/aromatic N) is 1. The van der Waals surface area contributed by atoms with E-state index in [2.05, 4.69) is 4.90 Å². The maximum Gasteiger partial charge on any atom is 0.186 e. The van der Waals surface area contributed by atoms with Crippen LogP contribution in [0.3, 0.4) is 0 Å². The molecule has 0 amide bonds. The van der Waals surface area contributed by atoms with Crippen LogP contribution in [0.25, 0.3) is 0 Å². The zero-order valence-corrected chi connectivity index (χ0v) is 12.6. The number of ether oxygens (including phenoxy) is 4. The van der Waals surface area contributed by atoms with Gasteiger partial charge < -0.3 is 29.6 Å². The van der Waals surface area contributed by atoms with Gasteiger partial charge in [0.25, 0.3) is 0 Å². The largest absolute Gasteiger partial charge is 0.493 e. The van der Waals surface area contributed by atoms with Crippen molar-refractivity contribution in [3.8, 4) is 11.5 Å². The van der Waals surface area contributed by atoms with Crippen LogP contribution >= 0.6 is 0 Å². The molecular weight excluding hydrogens is 272 g/mol. The molecule has 6 heteroatoms. The average molecular weight is 294 g/mol. The molecule has 0 aromatic heterocycles. The van der Waals surface area contributed by atoms with E-state index in [1.54, 1.807) is 20.3 Å². The molecule has 0 radical (unpaired) electrons. The SMILES string of the molecule is COc1cc(N)c(N2CCCC3(C2)OCCO3)cc1OC. The van der Waals surface area contributed by atoms with Gasteiger partial charge in [-0.15, -0.1) is 0 Å². The van der Waals surface area contributed by atoms with E-state index < -0.39 is 5.79 Å². The van der Waals surface area contributed by atoms with Crippen molar-refractivity contribution in [1.29, 1.82) is 0 Å². The van der Waals surface area contributed by atoms with Crippen LogP contribution in [0.15, 0.2) is 12.1 Å². The summed E-state index contributed by atoms with van der Waals surface area (Å²) in [7, 11) is 3.23. The minimum absolute atomic E-state index is 0.474. The molecule has 2 aliphatic rings. The van der Waals surface area contributed by atoms with Gasteiger partial charge in [0.1, 0.15) is 0 Å². The maximum atomic E-state index is 6.18. The van der Waals surface area contributed by atoms with E-state index in [-0.39, 0.29) is 0 Å². The molecular formula is C15H22N2O4. The van der Waals surface area contributed by atoms with Crippen molar-refractivity contribution in [1.82, 2.24) is 0 Å². The minimum atomic E-state index is -0.474. The van der Waals surface area contributed by atoms with Crippen LogP contribution < -0.4 is 20.1 Å². The van der Waals surface area contributed by atoms with E-state index in [4.69, 9.17) is 24.7 Å². The molecule has 2 saturated heterocycles. The fraction of sp³-hybridized carbons (Fsp3) is 0.600. The summed E-state index contributed by atoms with van der Waals surface area (Å²) in [5.41, 5.74) is 7.78. The van der Waals surface area contributed by atoms with Gasteiger partial charge in [-0.1, -0.05) is 0 Å². The lowest BCUT2D eigenvalue weighted by Crippen LogP contribution is -2.49. The second-order valence-electron chi connectivity index (χ2n) is 5.40. The van der Waals surface area contributed by atoms with Crippen molar-refractivity contribution in [2.24, 2.45) is 0 Å². The number of hydrogen-bond acceptors (Lipinski definition) is 6. The van der Waals surface area contributed by atoms with Gasteiger partial charge in [-0.05, 0) is 6.42 Å². The monoisotopic (exact) mass is 294 g/mol. The van der Waals surface area contributed by atoms with Crippen molar-refractivity contribution in [2.75, 3.05) is 51.2 Å². The first-order valence-corrected chi connectivity index (χ1v) is 7.22. The average Bonchev–Trinajstić information content (AvgIpc) is 2.94. The Kier molecular flexibility index (Phi) is 3.82. The van der Waals surface area contributed by atoms with Crippen LogP contribution in [-0.2, 0) is 9.47 Å². The Morgan fingerprint density at radius 2 is 1.81 bits per heavy atom. The second kappa shape index (κ2) is 5.61. The number of rotatable bonds is 3. The molecule has 0 bridgehead atoms. The van der Waals surface area contributed by atoms with Crippen molar-refractivity contribution >= 4 is 11.4 Å². The van der Waals surface area contributed by atoms with Gasteiger partial charge in [0.05, 0.1) is 45.4 Å². The van der Waals surface area contributed by atoms with Gasteiger partial charge in [0.15, 0.2) is 17.3 Å². The van der Waals surface area contributed by atoms with Gasteiger partial charge in [-0.2, -0.15) is 0 Å². The quantitative estimate of drug-likeness (QED) is 0.855. The van der Waals surface area contributed by atoms with E-state index in [9.17, 15) is 0 Å². The summed E-state index contributed by atoms with van der Waals surface area (Å²) in [4.78, 5) is 2.20. The number of nitrogens with two attached hydrogens (primary N) is 1. The third-order valence-corrected chi connectivity index (χ3v) is 4.10. The van der Waals surface area contributed by atoms with Gasteiger partial charge in [-0.3, -0.25) is 0 Å². The summed E-state index contributed by atoms with van der Waals surface area (Å²) < 4.78 is 22.3. The summed E-state index contributed by atoms with van der Waals surface area (Å²) in [6.45, 7) is 2.94. The smallest absolute Gasteiger partial charge is 0.186 e. The zero-order chi connectivity index (χ0) is 14.9. The summed E-state index contributed by atoms with van der Waals surface area (Å²) in [5, 5.41) is 0. The first-order chi connectivity index (χ1) is 10.2. The molecule has 2 fully saturated rings. The standard InChI is InChI=1S/C15H22N2O4/c1-18-13-8-11(16)12(9-14(13)19-2)17-5-3-4-15(10-17)20-6-7-21-15/h8-9H,3-7,10,16H2,1-2H3. The van der Waals surface area contributed by atoms with Crippen molar-refractivity contribution in [3.05, 3.63) is 12.1 Å². The summed E-state index contributed by atoms with van der Waals surface area (Å²) in [6, 6.07) is 3.72. The highest BCUT2D eigenvalue weighted by Crippen LogP contribution is 2.40. The Hall–Kier alpha value is -1.66. The second-order valence-corrected chi connectivity index (χ2v) is 5.40. The Morgan fingerprint density at radius 1 is 1.14 bits per heavy atom. The summed E-state index contributed by atoms with van der Waals surface area (Å²) in [5.74, 6) is 0.839. The number of anilines is 2. The highest BCUT2D eigenvalue weighted by Gasteiger charge is 2.41. The van der Waals surface area contributed by atoms with Crippen LogP contribution in [0.4, 0.5) is 11.4 Å². The van der Waals surface area contributed by atoms with E-state index in [0.717, 1.165) is 25.1 Å². The lowest BCUT2D eigenvalue weighted by molar-refractivity contribution is -0.161. The van der Waals surface area contributed by atoms with E-state index >= 15 is 0 Å². The molecule has 2 N–H and O–H groups in total. The highest BCUT2D eigenvalue weighted by atomic mass is 16.7. The van der Waals surface area contributed by atoms with Crippen molar-refractivity contribution < 1.29 is 18.9 Å². The predicted octanol–water partition coefficient (Wildman–Crippen LogP) is 1.63. The molecule has 1 aromatic rings. The van der Waals surface area contributed by atoms with Gasteiger partial charge in [-0.25, -0.2) is 0 Å². The third-order valence-electron chi connectivity index (χ3n) is 4.10. The van der Waals surface area contributed by atoms with E-state index in [0.29, 0.717) is 36.9 Å². The number of piperidine rings is 1. The topological polar surface area (TPSA) is 66.2 Å². The van der Waals surface area contributed by atoms with Gasteiger partial charge in [0, 0.05) is 25.1 Å². The van der Waals surface area contributed by atoms with Crippen LogP contribution in [0.1, 0.15) is 12.8 Å². The first-order valence-electron chi connectivity index (χ1n) is 7.22. The molecule has 6 nitrogen and oxygen atoms in total. The molecule has 0 atom stereocenters. The fourth-order valence-corrected chi connectivity index (χ4v) is 3.08. The number of nitrogen functional groups attached to an aromatic ring is 1. The Balaban J connectivity index is 1.89. The predicted molar refractivity (Wildman–Crippen MR) is 80.0 cm³/mol. The van der Waals surface area contributed by atoms with Crippen molar-refractivity contribution in [2.45, 2.75) is 18.6 Å². The molecule has 0 saturated carbocycles. The lowest BCUT2D eigenvalue weighted by atomic mass is 10.0. The molecule has 1 aromatic carbocycles. The Bertz CT molecular complexity index is 515. The maximum absolute atomic E-state index is 6.18.